The molecule has 23 heavy (non-hydrogen) atoms. The highest BCUT2D eigenvalue weighted by molar-refractivity contribution is 7.89. The van der Waals surface area contributed by atoms with Gasteiger partial charge in [0, 0.05) is 24.2 Å². The van der Waals surface area contributed by atoms with Gasteiger partial charge in [0.2, 0.25) is 10.0 Å². The summed E-state index contributed by atoms with van der Waals surface area (Å²) in [6, 6.07) is 7.42. The summed E-state index contributed by atoms with van der Waals surface area (Å²) >= 11 is 0. The van der Waals surface area contributed by atoms with Crippen molar-refractivity contribution in [2.45, 2.75) is 45.3 Å². The van der Waals surface area contributed by atoms with E-state index in [0.29, 0.717) is 5.56 Å². The van der Waals surface area contributed by atoms with E-state index in [1.807, 2.05) is 0 Å². The van der Waals surface area contributed by atoms with E-state index in [9.17, 15) is 13.2 Å². The first kappa shape index (κ1) is 17.9. The van der Waals surface area contributed by atoms with Gasteiger partial charge in [-0.3, -0.25) is 4.79 Å². The lowest BCUT2D eigenvalue weighted by Crippen LogP contribution is -2.51. The molecule has 2 atom stereocenters. The number of amides is 1. The van der Waals surface area contributed by atoms with Crippen molar-refractivity contribution < 1.29 is 13.2 Å². The number of hydrogen-bond acceptors (Lipinski definition) is 4. The summed E-state index contributed by atoms with van der Waals surface area (Å²) in [6.45, 7) is 4.90. The maximum Gasteiger partial charge on any atom is 0.251 e. The second-order valence-corrected chi connectivity index (χ2v) is 7.98. The quantitative estimate of drug-likeness (QED) is 0.721. The van der Waals surface area contributed by atoms with Crippen molar-refractivity contribution in [1.29, 1.82) is 0 Å². The minimum absolute atomic E-state index is 0.0566. The van der Waals surface area contributed by atoms with Crippen LogP contribution in [0.3, 0.4) is 0 Å². The van der Waals surface area contributed by atoms with Crippen molar-refractivity contribution in [3.05, 3.63) is 35.4 Å². The van der Waals surface area contributed by atoms with Gasteiger partial charge < -0.3 is 10.6 Å². The molecule has 1 aliphatic rings. The summed E-state index contributed by atoms with van der Waals surface area (Å²) in [5.74, 6) is -0.0348. The number of benzene rings is 1. The predicted octanol–water partition coefficient (Wildman–Crippen LogP) is 0.996. The number of sulfonamides is 1. The Labute approximate surface area is 138 Å². The van der Waals surface area contributed by atoms with E-state index in [1.165, 1.54) is 0 Å². The smallest absolute Gasteiger partial charge is 0.251 e. The van der Waals surface area contributed by atoms with E-state index >= 15 is 0 Å². The summed E-state index contributed by atoms with van der Waals surface area (Å²) < 4.78 is 25.3. The third-order valence-electron chi connectivity index (χ3n) is 4.17. The number of piperidine rings is 1. The maximum absolute atomic E-state index is 12.3. The first-order valence-corrected chi connectivity index (χ1v) is 9.67. The Morgan fingerprint density at radius 1 is 1.30 bits per heavy atom. The van der Waals surface area contributed by atoms with Crippen LogP contribution in [-0.2, 0) is 16.6 Å². The Morgan fingerprint density at radius 3 is 2.61 bits per heavy atom. The Bertz CT molecular complexity index is 628. The Kier molecular flexibility index (Phi) is 6.15. The highest BCUT2D eigenvalue weighted by atomic mass is 32.2. The van der Waals surface area contributed by atoms with Crippen LogP contribution in [0, 0.1) is 0 Å². The molecule has 0 saturated carbocycles. The molecule has 7 heteroatoms. The predicted molar refractivity (Wildman–Crippen MR) is 90.7 cm³/mol. The zero-order valence-corrected chi connectivity index (χ0v) is 14.4. The first-order chi connectivity index (χ1) is 10.9. The Balaban J connectivity index is 1.92. The van der Waals surface area contributed by atoms with Gasteiger partial charge in [-0.2, -0.15) is 0 Å². The van der Waals surface area contributed by atoms with E-state index in [0.717, 1.165) is 24.9 Å². The molecule has 1 heterocycles. The fraction of sp³-hybridized carbons (Fsp3) is 0.562. The van der Waals surface area contributed by atoms with Crippen molar-refractivity contribution >= 4 is 15.9 Å². The van der Waals surface area contributed by atoms with Crippen molar-refractivity contribution in [2.75, 3.05) is 12.3 Å². The van der Waals surface area contributed by atoms with Crippen LogP contribution in [0.1, 0.15) is 42.6 Å². The molecule has 128 valence electrons. The molecule has 1 aliphatic heterocycles. The number of carbonyl (C=O) groups is 1. The zero-order valence-electron chi connectivity index (χ0n) is 13.6. The van der Waals surface area contributed by atoms with Gasteiger partial charge in [0.15, 0.2) is 0 Å². The molecular formula is C16H25N3O3S. The molecule has 1 aromatic carbocycles. The summed E-state index contributed by atoms with van der Waals surface area (Å²) in [7, 11) is -3.21. The molecule has 0 radical (unpaired) electrons. The second-order valence-electron chi connectivity index (χ2n) is 5.89. The molecule has 0 spiro atoms. The average Bonchev–Trinajstić information content (AvgIpc) is 2.55. The fourth-order valence-corrected chi connectivity index (χ4v) is 3.15. The lowest BCUT2D eigenvalue weighted by molar-refractivity contribution is 0.0920. The molecule has 1 fully saturated rings. The lowest BCUT2D eigenvalue weighted by Gasteiger charge is -2.30. The maximum atomic E-state index is 12.3. The van der Waals surface area contributed by atoms with Crippen LogP contribution in [0.4, 0.5) is 0 Å². The lowest BCUT2D eigenvalue weighted by atomic mass is 9.99. The van der Waals surface area contributed by atoms with E-state index in [4.69, 9.17) is 0 Å². The van der Waals surface area contributed by atoms with Gasteiger partial charge >= 0.3 is 0 Å². The molecule has 2 rings (SSSR count). The van der Waals surface area contributed by atoms with Gasteiger partial charge in [-0.05, 0) is 50.9 Å². The van der Waals surface area contributed by atoms with Gasteiger partial charge in [0.25, 0.3) is 5.91 Å². The highest BCUT2D eigenvalue weighted by Gasteiger charge is 2.22. The fourth-order valence-electron chi connectivity index (χ4n) is 2.56. The minimum atomic E-state index is -3.21. The molecule has 1 amide bonds. The van der Waals surface area contributed by atoms with Gasteiger partial charge in [-0.1, -0.05) is 12.1 Å². The van der Waals surface area contributed by atoms with Crippen LogP contribution in [0.2, 0.25) is 0 Å². The Hall–Kier alpha value is -1.44. The molecule has 0 aliphatic carbocycles. The van der Waals surface area contributed by atoms with E-state index in [1.54, 1.807) is 31.2 Å². The number of carbonyl (C=O) groups excluding carboxylic acids is 1. The summed E-state index contributed by atoms with van der Waals surface area (Å²) in [5.41, 5.74) is 1.41. The van der Waals surface area contributed by atoms with Crippen molar-refractivity contribution in [3.8, 4) is 0 Å². The van der Waals surface area contributed by atoms with Crippen molar-refractivity contribution in [3.63, 3.8) is 0 Å². The standard InChI is InChI=1S/C16H25N3O3S/c1-3-23(21,22)18-11-13-6-8-14(9-7-13)16(20)19-15-5-4-10-17-12(15)2/h6-9,12,15,17-18H,3-5,10-11H2,1-2H3,(H,19,20). The molecule has 0 aromatic heterocycles. The van der Waals surface area contributed by atoms with Crippen molar-refractivity contribution in [1.82, 2.24) is 15.4 Å². The molecule has 0 bridgehead atoms. The molecule has 1 aromatic rings. The highest BCUT2D eigenvalue weighted by Crippen LogP contribution is 2.10. The number of nitrogens with one attached hydrogen (secondary N) is 3. The minimum Gasteiger partial charge on any atom is -0.348 e. The van der Waals surface area contributed by atoms with Gasteiger partial charge in [0.1, 0.15) is 0 Å². The van der Waals surface area contributed by atoms with Crippen LogP contribution < -0.4 is 15.4 Å². The summed E-state index contributed by atoms with van der Waals surface area (Å²) in [6.07, 6.45) is 2.04. The number of rotatable bonds is 6. The van der Waals surface area contributed by atoms with E-state index in [-0.39, 0.29) is 30.3 Å². The van der Waals surface area contributed by atoms with Crippen LogP contribution in [0.25, 0.3) is 0 Å². The summed E-state index contributed by atoms with van der Waals surface area (Å²) in [4.78, 5) is 12.3. The third kappa shape index (κ3) is 5.30. The molecular weight excluding hydrogens is 314 g/mol. The van der Waals surface area contributed by atoms with Crippen LogP contribution in [-0.4, -0.2) is 38.7 Å². The number of hydrogen-bond donors (Lipinski definition) is 3. The average molecular weight is 339 g/mol. The normalized spacial score (nSPS) is 21.8. The van der Waals surface area contributed by atoms with Gasteiger partial charge in [0.05, 0.1) is 5.75 Å². The summed E-state index contributed by atoms with van der Waals surface area (Å²) in [5, 5.41) is 6.41. The van der Waals surface area contributed by atoms with Gasteiger partial charge in [-0.15, -0.1) is 0 Å². The zero-order chi connectivity index (χ0) is 16.9. The van der Waals surface area contributed by atoms with Crippen LogP contribution in [0.5, 0.6) is 0 Å². The molecule has 2 unspecified atom stereocenters. The largest absolute Gasteiger partial charge is 0.348 e. The SMILES string of the molecule is CCS(=O)(=O)NCc1ccc(C(=O)NC2CCCNC2C)cc1. The molecule has 3 N–H and O–H groups in total. The van der Waals surface area contributed by atoms with E-state index in [2.05, 4.69) is 22.3 Å². The van der Waals surface area contributed by atoms with Crippen molar-refractivity contribution in [2.24, 2.45) is 0 Å². The monoisotopic (exact) mass is 339 g/mol. The molecule has 6 nitrogen and oxygen atoms in total. The third-order valence-corrected chi connectivity index (χ3v) is 5.51. The first-order valence-electron chi connectivity index (χ1n) is 8.02. The molecule has 1 saturated heterocycles. The topological polar surface area (TPSA) is 87.3 Å². The van der Waals surface area contributed by atoms with Crippen LogP contribution in [0.15, 0.2) is 24.3 Å². The second kappa shape index (κ2) is 7.90. The van der Waals surface area contributed by atoms with Crippen LogP contribution >= 0.6 is 0 Å². The Morgan fingerprint density at radius 2 is 2.00 bits per heavy atom. The van der Waals surface area contributed by atoms with Gasteiger partial charge in [-0.25, -0.2) is 13.1 Å². The van der Waals surface area contributed by atoms with E-state index < -0.39 is 10.0 Å².